The van der Waals surface area contributed by atoms with Crippen molar-refractivity contribution in [1.29, 1.82) is 0 Å². The normalized spacial score (nSPS) is 13.9. The number of nitrogens with zero attached hydrogens (tertiary/aromatic N) is 5. The van der Waals surface area contributed by atoms with Gasteiger partial charge in [-0.3, -0.25) is 4.79 Å². The van der Waals surface area contributed by atoms with E-state index in [2.05, 4.69) is 22.1 Å². The summed E-state index contributed by atoms with van der Waals surface area (Å²) in [5.41, 5.74) is 5.58. The van der Waals surface area contributed by atoms with Gasteiger partial charge in [0.1, 0.15) is 5.75 Å². The van der Waals surface area contributed by atoms with E-state index in [0.717, 1.165) is 60.2 Å². The van der Waals surface area contributed by atoms with Crippen molar-refractivity contribution in [2.45, 2.75) is 20.3 Å². The predicted molar refractivity (Wildman–Crippen MR) is 133 cm³/mol. The molecule has 2 aromatic heterocycles. The maximum Gasteiger partial charge on any atom is 0.228 e. The van der Waals surface area contributed by atoms with Crippen LogP contribution in [0.1, 0.15) is 18.3 Å². The molecule has 0 bridgehead atoms. The smallest absolute Gasteiger partial charge is 0.228 e. The first kappa shape index (κ1) is 21.9. The number of benzene rings is 2. The third kappa shape index (κ3) is 4.59. The lowest BCUT2D eigenvalue weighted by Crippen LogP contribution is -2.49. The fraction of sp³-hybridized carbons (Fsp3) is 0.296. The molecule has 1 aliphatic rings. The Balaban J connectivity index is 1.27. The Morgan fingerprint density at radius 3 is 2.41 bits per heavy atom. The zero-order chi connectivity index (χ0) is 23.5. The van der Waals surface area contributed by atoms with Crippen LogP contribution in [0.2, 0.25) is 0 Å². The largest absolute Gasteiger partial charge is 0.494 e. The Morgan fingerprint density at radius 1 is 0.971 bits per heavy atom. The lowest BCUT2D eigenvalue weighted by atomic mass is 10.1. The number of carbonyl (C=O) groups is 1. The maximum absolute atomic E-state index is 13.0. The maximum atomic E-state index is 13.0. The molecule has 1 saturated heterocycles. The second-order valence-corrected chi connectivity index (χ2v) is 8.53. The highest BCUT2D eigenvalue weighted by Gasteiger charge is 2.22. The molecule has 7 nitrogen and oxygen atoms in total. The molecule has 4 aromatic rings. The Kier molecular flexibility index (Phi) is 6.16. The number of fused-ring (bicyclic) bond motifs is 1. The number of para-hydroxylation sites is 1. The van der Waals surface area contributed by atoms with Gasteiger partial charge in [0, 0.05) is 49.2 Å². The van der Waals surface area contributed by atoms with Crippen LogP contribution < -0.4 is 9.64 Å². The van der Waals surface area contributed by atoms with Crippen LogP contribution in [0.25, 0.3) is 16.9 Å². The summed E-state index contributed by atoms with van der Waals surface area (Å²) >= 11 is 0. The highest BCUT2D eigenvalue weighted by molar-refractivity contribution is 5.79. The van der Waals surface area contributed by atoms with Gasteiger partial charge in [0.15, 0.2) is 5.65 Å². The monoisotopic (exact) mass is 455 g/mol. The van der Waals surface area contributed by atoms with E-state index in [0.29, 0.717) is 6.61 Å². The molecule has 0 unspecified atom stereocenters. The molecule has 0 spiro atoms. The molecule has 0 atom stereocenters. The standard InChI is InChI=1S/C27H29N5O2/c1-3-34-24-11-9-21(10-12-24)25-17-20(2)32-26(28-25)18-22(29-32)19-27(33)31-15-13-30(14-16-31)23-7-5-4-6-8-23/h4-12,17-18H,3,13-16,19H2,1-2H3. The number of aromatic nitrogens is 3. The van der Waals surface area contributed by atoms with E-state index < -0.39 is 0 Å². The summed E-state index contributed by atoms with van der Waals surface area (Å²) in [6.45, 7) is 7.75. The summed E-state index contributed by atoms with van der Waals surface area (Å²) in [5, 5.41) is 4.66. The van der Waals surface area contributed by atoms with Gasteiger partial charge >= 0.3 is 0 Å². The molecule has 174 valence electrons. The van der Waals surface area contributed by atoms with Crippen LogP contribution in [0, 0.1) is 6.92 Å². The summed E-state index contributed by atoms with van der Waals surface area (Å²) in [7, 11) is 0. The molecule has 2 aromatic carbocycles. The van der Waals surface area contributed by atoms with Crippen molar-refractivity contribution in [3.63, 3.8) is 0 Å². The third-order valence-electron chi connectivity index (χ3n) is 6.20. The highest BCUT2D eigenvalue weighted by Crippen LogP contribution is 2.23. The number of carbonyl (C=O) groups excluding carboxylic acids is 1. The van der Waals surface area contributed by atoms with E-state index in [4.69, 9.17) is 9.72 Å². The number of ether oxygens (including phenoxy) is 1. The Morgan fingerprint density at radius 2 is 1.71 bits per heavy atom. The molecule has 0 saturated carbocycles. The van der Waals surface area contributed by atoms with Gasteiger partial charge in [0.25, 0.3) is 0 Å². The van der Waals surface area contributed by atoms with E-state index in [1.54, 1.807) is 0 Å². The number of piperazine rings is 1. The molecule has 0 radical (unpaired) electrons. The minimum absolute atomic E-state index is 0.112. The molecule has 34 heavy (non-hydrogen) atoms. The van der Waals surface area contributed by atoms with E-state index in [9.17, 15) is 4.79 Å². The first-order valence-electron chi connectivity index (χ1n) is 11.8. The van der Waals surface area contributed by atoms with Crippen LogP contribution in [-0.4, -0.2) is 58.2 Å². The van der Waals surface area contributed by atoms with Crippen LogP contribution in [0.3, 0.4) is 0 Å². The van der Waals surface area contributed by atoms with Gasteiger partial charge in [-0.05, 0) is 56.3 Å². The molecular formula is C27H29N5O2. The minimum Gasteiger partial charge on any atom is -0.494 e. The van der Waals surface area contributed by atoms with Crippen LogP contribution >= 0.6 is 0 Å². The second-order valence-electron chi connectivity index (χ2n) is 8.53. The first-order valence-corrected chi connectivity index (χ1v) is 11.8. The number of hydrogen-bond acceptors (Lipinski definition) is 5. The van der Waals surface area contributed by atoms with Gasteiger partial charge in [-0.1, -0.05) is 18.2 Å². The topological polar surface area (TPSA) is 63.0 Å². The predicted octanol–water partition coefficient (Wildman–Crippen LogP) is 3.99. The fourth-order valence-corrected chi connectivity index (χ4v) is 4.42. The molecule has 0 N–H and O–H groups in total. The number of anilines is 1. The van der Waals surface area contributed by atoms with Crippen molar-refractivity contribution in [1.82, 2.24) is 19.5 Å². The molecule has 1 fully saturated rings. The SMILES string of the molecule is CCOc1ccc(-c2cc(C)n3nc(CC(=O)N4CCN(c5ccccc5)CC4)cc3n2)cc1. The first-order chi connectivity index (χ1) is 16.6. The summed E-state index contributed by atoms with van der Waals surface area (Å²) in [6.07, 6.45) is 0.284. The Hall–Kier alpha value is -3.87. The van der Waals surface area contributed by atoms with E-state index in [1.807, 2.05) is 77.9 Å². The van der Waals surface area contributed by atoms with Crippen molar-refractivity contribution in [3.8, 4) is 17.0 Å². The number of amides is 1. The van der Waals surface area contributed by atoms with Gasteiger partial charge in [-0.15, -0.1) is 0 Å². The summed E-state index contributed by atoms with van der Waals surface area (Å²) < 4.78 is 7.35. The Bertz CT molecular complexity index is 1280. The quantitative estimate of drug-likeness (QED) is 0.440. The number of rotatable bonds is 6. The van der Waals surface area contributed by atoms with Gasteiger partial charge in [-0.2, -0.15) is 5.10 Å². The molecule has 0 aliphatic carbocycles. The van der Waals surface area contributed by atoms with Crippen LogP contribution in [0.15, 0.2) is 66.7 Å². The van der Waals surface area contributed by atoms with Crippen molar-refractivity contribution in [2.24, 2.45) is 0 Å². The average Bonchev–Trinajstić information content (AvgIpc) is 3.28. The van der Waals surface area contributed by atoms with Crippen LogP contribution in [0.4, 0.5) is 5.69 Å². The van der Waals surface area contributed by atoms with E-state index in [-0.39, 0.29) is 12.3 Å². The molecule has 1 aliphatic heterocycles. The van der Waals surface area contributed by atoms with Gasteiger partial charge in [0.2, 0.25) is 5.91 Å². The third-order valence-corrected chi connectivity index (χ3v) is 6.20. The van der Waals surface area contributed by atoms with Gasteiger partial charge in [-0.25, -0.2) is 9.50 Å². The summed E-state index contributed by atoms with van der Waals surface area (Å²) in [5.74, 6) is 0.958. The van der Waals surface area contributed by atoms with Gasteiger partial charge < -0.3 is 14.5 Å². The Labute approximate surface area is 199 Å². The molecule has 3 heterocycles. The van der Waals surface area contributed by atoms with E-state index >= 15 is 0 Å². The zero-order valence-electron chi connectivity index (χ0n) is 19.6. The lowest BCUT2D eigenvalue weighted by Gasteiger charge is -2.36. The minimum atomic E-state index is 0.112. The summed E-state index contributed by atoms with van der Waals surface area (Å²) in [4.78, 5) is 22.0. The highest BCUT2D eigenvalue weighted by atomic mass is 16.5. The van der Waals surface area contributed by atoms with Crippen molar-refractivity contribution < 1.29 is 9.53 Å². The summed E-state index contributed by atoms with van der Waals surface area (Å²) in [6, 6.07) is 22.2. The molecule has 7 heteroatoms. The van der Waals surface area contributed by atoms with E-state index in [1.165, 1.54) is 5.69 Å². The van der Waals surface area contributed by atoms with Gasteiger partial charge in [0.05, 0.1) is 24.4 Å². The zero-order valence-corrected chi connectivity index (χ0v) is 19.6. The number of aryl methyl sites for hydroxylation is 1. The fourth-order valence-electron chi connectivity index (χ4n) is 4.42. The molecule has 1 amide bonds. The van der Waals surface area contributed by atoms with Crippen molar-refractivity contribution in [3.05, 3.63) is 78.1 Å². The lowest BCUT2D eigenvalue weighted by molar-refractivity contribution is -0.130. The van der Waals surface area contributed by atoms with Crippen molar-refractivity contribution >= 4 is 17.2 Å². The number of hydrogen-bond donors (Lipinski definition) is 0. The van der Waals surface area contributed by atoms with Crippen LogP contribution in [0.5, 0.6) is 5.75 Å². The van der Waals surface area contributed by atoms with Crippen molar-refractivity contribution in [2.75, 3.05) is 37.7 Å². The van der Waals surface area contributed by atoms with Crippen LogP contribution in [-0.2, 0) is 11.2 Å². The second kappa shape index (κ2) is 9.55. The molecular weight excluding hydrogens is 426 g/mol. The molecule has 5 rings (SSSR count). The average molecular weight is 456 g/mol.